The highest BCUT2D eigenvalue weighted by Crippen LogP contribution is 2.47. The quantitative estimate of drug-likeness (QED) is 0.791. The van der Waals surface area contributed by atoms with E-state index in [1.54, 1.807) is 12.1 Å². The summed E-state index contributed by atoms with van der Waals surface area (Å²) in [6, 6.07) is 4.99. The fourth-order valence-electron chi connectivity index (χ4n) is 4.90. The number of phenolic OH excluding ortho intramolecular Hbond substituents is 1. The molecule has 0 aliphatic carbocycles. The largest absolute Gasteiger partial charge is 0.507 e. The first-order valence-corrected chi connectivity index (χ1v) is 10.5. The van der Waals surface area contributed by atoms with Gasteiger partial charge in [0.05, 0.1) is 12.2 Å². The van der Waals surface area contributed by atoms with E-state index in [9.17, 15) is 9.50 Å². The van der Waals surface area contributed by atoms with Gasteiger partial charge in [0.2, 0.25) is 0 Å². The van der Waals surface area contributed by atoms with Gasteiger partial charge in [0.25, 0.3) is 0 Å². The van der Waals surface area contributed by atoms with Crippen molar-refractivity contribution in [1.29, 1.82) is 0 Å². The number of alkyl halides is 1. The lowest BCUT2D eigenvalue weighted by Crippen LogP contribution is -2.45. The Kier molecular flexibility index (Phi) is 4.84. The molecule has 1 aromatic heterocycles. The molecule has 2 N–H and O–H groups in total. The van der Waals surface area contributed by atoms with E-state index in [4.69, 9.17) is 16.3 Å². The van der Waals surface area contributed by atoms with E-state index in [-0.39, 0.29) is 24.0 Å². The monoisotopic (exact) mass is 418 g/mol. The fraction of sp³-hybridized carbons (Fsp3) is 0.524. The molecule has 154 valence electrons. The van der Waals surface area contributed by atoms with E-state index in [1.807, 2.05) is 11.9 Å². The Morgan fingerprint density at radius 2 is 2.14 bits per heavy atom. The van der Waals surface area contributed by atoms with E-state index < -0.39 is 6.17 Å². The van der Waals surface area contributed by atoms with Gasteiger partial charge in [-0.25, -0.2) is 4.39 Å². The van der Waals surface area contributed by atoms with E-state index in [1.165, 1.54) is 6.07 Å². The van der Waals surface area contributed by atoms with E-state index in [0.717, 1.165) is 36.9 Å². The molecule has 1 aromatic carbocycles. The fourth-order valence-corrected chi connectivity index (χ4v) is 5.07. The third kappa shape index (κ3) is 3.56. The number of aromatic nitrogens is 2. The number of anilines is 1. The Hall–Kier alpha value is -1.96. The van der Waals surface area contributed by atoms with Gasteiger partial charge in [-0.3, -0.25) is 0 Å². The van der Waals surface area contributed by atoms with Crippen LogP contribution >= 0.6 is 11.6 Å². The molecule has 29 heavy (non-hydrogen) atoms. The van der Waals surface area contributed by atoms with Crippen LogP contribution in [0, 0.1) is 0 Å². The summed E-state index contributed by atoms with van der Waals surface area (Å²) in [6.07, 6.45) is 2.38. The van der Waals surface area contributed by atoms with Crippen molar-refractivity contribution in [2.75, 3.05) is 25.5 Å². The highest BCUT2D eigenvalue weighted by molar-refractivity contribution is 6.30. The van der Waals surface area contributed by atoms with Crippen LogP contribution in [0.15, 0.2) is 18.2 Å². The Morgan fingerprint density at radius 1 is 1.28 bits per heavy atom. The number of likely N-dealkylation sites (tertiary alicyclic amines) is 1. The number of rotatable bonds is 3. The van der Waals surface area contributed by atoms with Gasteiger partial charge in [-0.15, -0.1) is 10.2 Å². The number of likely N-dealkylation sites (N-methyl/N-ethyl adjacent to an activating group) is 1. The Bertz CT molecular complexity index is 933. The number of benzene rings is 1. The molecule has 4 heterocycles. The molecule has 0 amide bonds. The van der Waals surface area contributed by atoms with Crippen LogP contribution in [0.3, 0.4) is 0 Å². The van der Waals surface area contributed by atoms with Gasteiger partial charge in [0.15, 0.2) is 5.82 Å². The molecule has 2 saturated heterocycles. The van der Waals surface area contributed by atoms with Crippen LogP contribution in [0.5, 0.6) is 5.75 Å². The first-order chi connectivity index (χ1) is 14.0. The highest BCUT2D eigenvalue weighted by Gasteiger charge is 2.39. The number of ether oxygens (including phenoxy) is 1. The molecule has 6 nitrogen and oxygen atoms in total. The van der Waals surface area contributed by atoms with Gasteiger partial charge in [0.1, 0.15) is 17.6 Å². The minimum Gasteiger partial charge on any atom is -0.507 e. The molecule has 2 bridgehead atoms. The SMILES string of the molecule is CN1C[C@H](F)C[C@@H](Nc2nnc(-c3ccc(Cl)cc3O)c3c2C[C@@H]2CC[C@H]3O2)C1. The smallest absolute Gasteiger partial charge is 0.152 e. The Morgan fingerprint density at radius 3 is 2.93 bits per heavy atom. The number of hydrogen-bond acceptors (Lipinski definition) is 6. The molecule has 4 atom stereocenters. The molecule has 0 saturated carbocycles. The van der Waals surface area contributed by atoms with E-state index in [0.29, 0.717) is 35.1 Å². The third-order valence-corrected chi connectivity index (χ3v) is 6.35. The zero-order valence-corrected chi connectivity index (χ0v) is 17.0. The zero-order chi connectivity index (χ0) is 20.1. The highest BCUT2D eigenvalue weighted by atomic mass is 35.5. The topological polar surface area (TPSA) is 70.5 Å². The molecule has 3 aliphatic rings. The average molecular weight is 419 g/mol. The van der Waals surface area contributed by atoms with Crippen molar-refractivity contribution in [3.63, 3.8) is 0 Å². The van der Waals surface area contributed by atoms with Crippen molar-refractivity contribution in [2.45, 2.75) is 50.1 Å². The van der Waals surface area contributed by atoms with Crippen LogP contribution in [0.1, 0.15) is 36.5 Å². The minimum absolute atomic E-state index is 0.0163. The summed E-state index contributed by atoms with van der Waals surface area (Å²) in [5.74, 6) is 0.786. The summed E-state index contributed by atoms with van der Waals surface area (Å²) < 4.78 is 20.2. The van der Waals surface area contributed by atoms with Crippen LogP contribution in [-0.2, 0) is 11.2 Å². The normalized spacial score (nSPS) is 28.9. The van der Waals surface area contributed by atoms with E-state index in [2.05, 4.69) is 15.5 Å². The van der Waals surface area contributed by atoms with Gasteiger partial charge < -0.3 is 20.1 Å². The van der Waals surface area contributed by atoms with Crippen molar-refractivity contribution < 1.29 is 14.2 Å². The molecular weight excluding hydrogens is 395 g/mol. The molecule has 3 aliphatic heterocycles. The standard InChI is InChI=1S/C21H24ClFN4O2/c1-27-9-12(23)7-13(10-27)24-21-16-8-14-3-5-18(29-14)19(16)20(25-26-21)15-4-2-11(22)6-17(15)28/h2,4,6,12-14,18,28H,3,5,7-10H2,1H3,(H,24,26)/t12-,13-,14+,18-/m1/s1. The van der Waals surface area contributed by atoms with Crippen molar-refractivity contribution >= 4 is 17.4 Å². The second-order valence-corrected chi connectivity index (χ2v) is 8.81. The van der Waals surface area contributed by atoms with Crippen LogP contribution in [0.4, 0.5) is 10.2 Å². The third-order valence-electron chi connectivity index (χ3n) is 6.12. The van der Waals surface area contributed by atoms with Crippen LogP contribution in [0.2, 0.25) is 5.02 Å². The van der Waals surface area contributed by atoms with Crippen LogP contribution in [0.25, 0.3) is 11.3 Å². The van der Waals surface area contributed by atoms with Gasteiger partial charge in [-0.05, 0) is 38.1 Å². The van der Waals surface area contributed by atoms with Crippen molar-refractivity contribution in [1.82, 2.24) is 15.1 Å². The predicted octanol–water partition coefficient (Wildman–Crippen LogP) is 3.73. The second kappa shape index (κ2) is 7.38. The van der Waals surface area contributed by atoms with Crippen LogP contribution in [-0.4, -0.2) is 58.7 Å². The van der Waals surface area contributed by atoms with Crippen LogP contribution < -0.4 is 5.32 Å². The van der Waals surface area contributed by atoms with Crippen molar-refractivity contribution in [3.8, 4) is 17.0 Å². The van der Waals surface area contributed by atoms with E-state index >= 15 is 0 Å². The number of hydrogen-bond donors (Lipinski definition) is 2. The summed E-state index contributed by atoms with van der Waals surface area (Å²) in [5.41, 5.74) is 3.29. The maximum absolute atomic E-state index is 14.0. The molecule has 2 fully saturated rings. The van der Waals surface area contributed by atoms with Crippen molar-refractivity contribution in [3.05, 3.63) is 34.3 Å². The number of aromatic hydroxyl groups is 1. The molecule has 8 heteroatoms. The number of piperidine rings is 1. The number of fused-ring (bicyclic) bond motifs is 4. The maximum atomic E-state index is 14.0. The summed E-state index contributed by atoms with van der Waals surface area (Å²) in [7, 11) is 1.93. The summed E-state index contributed by atoms with van der Waals surface area (Å²) in [4.78, 5) is 2.00. The second-order valence-electron chi connectivity index (χ2n) is 8.37. The number of halogens is 2. The first-order valence-electron chi connectivity index (χ1n) is 10.1. The molecule has 0 unspecified atom stereocenters. The number of nitrogens with zero attached hydrogens (tertiary/aromatic N) is 3. The first kappa shape index (κ1) is 19.0. The summed E-state index contributed by atoms with van der Waals surface area (Å²) in [5, 5.41) is 23.3. The average Bonchev–Trinajstić information content (AvgIpc) is 3.03. The number of phenols is 1. The van der Waals surface area contributed by atoms with Gasteiger partial charge in [-0.2, -0.15) is 0 Å². The molecular formula is C21H24ClFN4O2. The summed E-state index contributed by atoms with van der Waals surface area (Å²) in [6.45, 7) is 1.23. The Balaban J connectivity index is 1.56. The van der Waals surface area contributed by atoms with Crippen molar-refractivity contribution in [2.24, 2.45) is 0 Å². The zero-order valence-electron chi connectivity index (χ0n) is 16.2. The van der Waals surface area contributed by atoms with Gasteiger partial charge >= 0.3 is 0 Å². The molecule has 0 spiro atoms. The number of nitrogens with one attached hydrogen (secondary N) is 1. The lowest BCUT2D eigenvalue weighted by molar-refractivity contribution is 0.0325. The molecule has 2 aromatic rings. The summed E-state index contributed by atoms with van der Waals surface area (Å²) >= 11 is 6.00. The Labute approximate surface area is 174 Å². The van der Waals surface area contributed by atoms with Gasteiger partial charge in [0, 0.05) is 53.7 Å². The van der Waals surface area contributed by atoms with Gasteiger partial charge in [-0.1, -0.05) is 11.6 Å². The molecule has 0 radical (unpaired) electrons. The molecule has 5 rings (SSSR count). The predicted molar refractivity (Wildman–Crippen MR) is 109 cm³/mol. The maximum Gasteiger partial charge on any atom is 0.152 e. The lowest BCUT2D eigenvalue weighted by atomic mass is 9.93. The lowest BCUT2D eigenvalue weighted by Gasteiger charge is -2.34. The minimum atomic E-state index is -0.847.